The molecule has 2 amide bonds. The molecular formula is C16H22N2O3. The molecule has 5 nitrogen and oxygen atoms in total. The summed E-state index contributed by atoms with van der Waals surface area (Å²) in [4.78, 5) is 24.2. The van der Waals surface area contributed by atoms with Crippen LogP contribution in [0.25, 0.3) is 0 Å². The van der Waals surface area contributed by atoms with E-state index < -0.39 is 0 Å². The summed E-state index contributed by atoms with van der Waals surface area (Å²) in [5.74, 6) is -0.299. The Kier molecular flexibility index (Phi) is 4.96. The quantitative estimate of drug-likeness (QED) is 0.845. The number of rotatable bonds is 6. The van der Waals surface area contributed by atoms with Gasteiger partial charge in [-0.1, -0.05) is 12.1 Å². The Morgan fingerprint density at radius 1 is 1.29 bits per heavy atom. The lowest BCUT2D eigenvalue weighted by Crippen LogP contribution is -2.42. The van der Waals surface area contributed by atoms with Crippen molar-refractivity contribution in [3.63, 3.8) is 0 Å². The lowest BCUT2D eigenvalue weighted by Gasteiger charge is -2.39. The molecule has 0 atom stereocenters. The molecule has 1 aromatic rings. The van der Waals surface area contributed by atoms with Gasteiger partial charge in [0.15, 0.2) is 0 Å². The van der Waals surface area contributed by atoms with Crippen molar-refractivity contribution in [2.45, 2.75) is 38.2 Å². The second-order valence-electron chi connectivity index (χ2n) is 5.37. The topological polar surface area (TPSA) is 67.4 Å². The van der Waals surface area contributed by atoms with Crippen molar-refractivity contribution in [2.75, 3.05) is 19.0 Å². The van der Waals surface area contributed by atoms with Gasteiger partial charge in [-0.3, -0.25) is 9.59 Å². The van der Waals surface area contributed by atoms with E-state index in [0.29, 0.717) is 24.2 Å². The van der Waals surface area contributed by atoms with E-state index in [1.54, 1.807) is 31.4 Å². The molecule has 0 spiro atoms. The molecule has 21 heavy (non-hydrogen) atoms. The van der Waals surface area contributed by atoms with Crippen molar-refractivity contribution in [3.05, 3.63) is 29.8 Å². The first-order chi connectivity index (χ1) is 10.1. The first kappa shape index (κ1) is 15.5. The fourth-order valence-corrected chi connectivity index (χ4v) is 2.56. The van der Waals surface area contributed by atoms with Gasteiger partial charge < -0.3 is 15.4 Å². The second-order valence-corrected chi connectivity index (χ2v) is 5.37. The Morgan fingerprint density at radius 3 is 2.57 bits per heavy atom. The first-order valence-corrected chi connectivity index (χ1v) is 7.32. The summed E-state index contributed by atoms with van der Waals surface area (Å²) in [7, 11) is 1.65. The molecule has 0 unspecified atom stereocenters. The zero-order valence-corrected chi connectivity index (χ0v) is 12.6. The van der Waals surface area contributed by atoms with Gasteiger partial charge >= 0.3 is 0 Å². The van der Waals surface area contributed by atoms with Crippen molar-refractivity contribution in [3.8, 4) is 0 Å². The summed E-state index contributed by atoms with van der Waals surface area (Å²) in [5, 5.41) is 5.57. The van der Waals surface area contributed by atoms with Gasteiger partial charge in [0.1, 0.15) is 0 Å². The Balaban J connectivity index is 2.05. The van der Waals surface area contributed by atoms with Gasteiger partial charge in [0, 0.05) is 13.7 Å². The van der Waals surface area contributed by atoms with E-state index >= 15 is 0 Å². The van der Waals surface area contributed by atoms with Gasteiger partial charge in [0.05, 0.1) is 23.3 Å². The molecule has 0 aromatic heterocycles. The fourth-order valence-electron chi connectivity index (χ4n) is 2.56. The summed E-state index contributed by atoms with van der Waals surface area (Å²) in [6.45, 7) is 2.41. The third-order valence-electron chi connectivity index (χ3n) is 3.96. The zero-order chi connectivity index (χ0) is 15.3. The van der Waals surface area contributed by atoms with Crippen LogP contribution in [0.5, 0.6) is 0 Å². The van der Waals surface area contributed by atoms with Crippen LogP contribution in [0.1, 0.15) is 43.0 Å². The SMILES string of the molecule is CCNC(=O)c1ccccc1NC(=O)CC1(OC)CCC1. The molecule has 1 aliphatic carbocycles. The smallest absolute Gasteiger partial charge is 0.253 e. The van der Waals surface area contributed by atoms with Crippen LogP contribution >= 0.6 is 0 Å². The molecule has 0 bridgehead atoms. The van der Waals surface area contributed by atoms with Crippen LogP contribution in [-0.2, 0) is 9.53 Å². The number of anilines is 1. The third-order valence-corrected chi connectivity index (χ3v) is 3.96. The number of para-hydroxylation sites is 1. The number of methoxy groups -OCH3 is 1. The number of hydrogen-bond acceptors (Lipinski definition) is 3. The molecule has 2 N–H and O–H groups in total. The number of carbonyl (C=O) groups excluding carboxylic acids is 2. The number of carbonyl (C=O) groups is 2. The van der Waals surface area contributed by atoms with E-state index in [4.69, 9.17) is 4.74 Å². The van der Waals surface area contributed by atoms with Gasteiger partial charge in [0.2, 0.25) is 5.91 Å². The summed E-state index contributed by atoms with van der Waals surface area (Å²) in [5.41, 5.74) is 0.705. The lowest BCUT2D eigenvalue weighted by molar-refractivity contribution is -0.129. The van der Waals surface area contributed by atoms with E-state index in [2.05, 4.69) is 10.6 Å². The van der Waals surface area contributed by atoms with Gasteiger partial charge in [-0.25, -0.2) is 0 Å². The summed E-state index contributed by atoms with van der Waals surface area (Å²) in [6.07, 6.45) is 3.24. The van der Waals surface area contributed by atoms with Gasteiger partial charge in [0.25, 0.3) is 5.91 Å². The Morgan fingerprint density at radius 2 is 2.00 bits per heavy atom. The summed E-state index contributed by atoms with van der Waals surface area (Å²) >= 11 is 0. The molecule has 0 radical (unpaired) electrons. The molecule has 2 rings (SSSR count). The van der Waals surface area contributed by atoms with Gasteiger partial charge in [-0.15, -0.1) is 0 Å². The predicted octanol–water partition coefficient (Wildman–Crippen LogP) is 2.33. The second kappa shape index (κ2) is 6.72. The number of ether oxygens (including phenoxy) is 1. The van der Waals surface area contributed by atoms with Crippen LogP contribution < -0.4 is 10.6 Å². The molecule has 0 aliphatic heterocycles. The van der Waals surface area contributed by atoms with E-state index in [9.17, 15) is 9.59 Å². The first-order valence-electron chi connectivity index (χ1n) is 7.32. The van der Waals surface area contributed by atoms with Crippen LogP contribution in [-0.4, -0.2) is 31.1 Å². The minimum Gasteiger partial charge on any atom is -0.378 e. The van der Waals surface area contributed by atoms with E-state index in [1.807, 2.05) is 6.92 Å². The molecule has 1 aromatic carbocycles. The Bertz CT molecular complexity index is 518. The number of nitrogens with one attached hydrogen (secondary N) is 2. The molecule has 1 aliphatic rings. The average Bonchev–Trinajstić information content (AvgIpc) is 2.43. The van der Waals surface area contributed by atoms with Crippen LogP contribution in [0.2, 0.25) is 0 Å². The molecule has 1 saturated carbocycles. The number of hydrogen-bond donors (Lipinski definition) is 2. The van der Waals surface area contributed by atoms with Gasteiger partial charge in [-0.2, -0.15) is 0 Å². The largest absolute Gasteiger partial charge is 0.378 e. The highest BCUT2D eigenvalue weighted by Crippen LogP contribution is 2.38. The maximum absolute atomic E-state index is 12.2. The molecule has 114 valence electrons. The van der Waals surface area contributed by atoms with Crippen LogP contribution in [0, 0.1) is 0 Å². The third kappa shape index (κ3) is 3.61. The van der Waals surface area contributed by atoms with E-state index in [0.717, 1.165) is 19.3 Å². The highest BCUT2D eigenvalue weighted by Gasteiger charge is 2.39. The average molecular weight is 290 g/mol. The zero-order valence-electron chi connectivity index (χ0n) is 12.6. The molecule has 0 saturated heterocycles. The van der Waals surface area contributed by atoms with Crippen molar-refractivity contribution >= 4 is 17.5 Å². The monoisotopic (exact) mass is 290 g/mol. The van der Waals surface area contributed by atoms with Gasteiger partial charge in [-0.05, 0) is 38.3 Å². The standard InChI is InChI=1S/C16H22N2O3/c1-3-17-15(20)12-7-4-5-8-13(12)18-14(19)11-16(21-2)9-6-10-16/h4-5,7-8H,3,6,9-11H2,1-2H3,(H,17,20)(H,18,19). The Labute approximate surface area is 125 Å². The normalized spacial score (nSPS) is 15.9. The fraction of sp³-hybridized carbons (Fsp3) is 0.500. The molecule has 1 fully saturated rings. The van der Waals surface area contributed by atoms with Crippen LogP contribution in [0.15, 0.2) is 24.3 Å². The maximum Gasteiger partial charge on any atom is 0.253 e. The van der Waals surface area contributed by atoms with Crippen molar-refractivity contribution < 1.29 is 14.3 Å². The summed E-state index contributed by atoms with van der Waals surface area (Å²) in [6, 6.07) is 7.02. The Hall–Kier alpha value is -1.88. The minimum atomic E-state index is -0.315. The van der Waals surface area contributed by atoms with Crippen molar-refractivity contribution in [2.24, 2.45) is 0 Å². The maximum atomic E-state index is 12.2. The van der Waals surface area contributed by atoms with Crippen LogP contribution in [0.4, 0.5) is 5.69 Å². The highest BCUT2D eigenvalue weighted by molar-refractivity contribution is 6.03. The van der Waals surface area contributed by atoms with E-state index in [-0.39, 0.29) is 17.4 Å². The molecular weight excluding hydrogens is 268 g/mol. The van der Waals surface area contributed by atoms with Crippen molar-refractivity contribution in [1.29, 1.82) is 0 Å². The summed E-state index contributed by atoms with van der Waals surface area (Å²) < 4.78 is 5.46. The van der Waals surface area contributed by atoms with Crippen LogP contribution in [0.3, 0.4) is 0 Å². The predicted molar refractivity (Wildman–Crippen MR) is 81.3 cm³/mol. The van der Waals surface area contributed by atoms with Crippen molar-refractivity contribution in [1.82, 2.24) is 5.32 Å². The minimum absolute atomic E-state index is 0.117. The highest BCUT2D eigenvalue weighted by atomic mass is 16.5. The molecule has 0 heterocycles. The lowest BCUT2D eigenvalue weighted by atomic mass is 9.77. The van der Waals surface area contributed by atoms with E-state index in [1.165, 1.54) is 0 Å². The number of amides is 2. The molecule has 5 heteroatoms. The number of benzene rings is 1.